The van der Waals surface area contributed by atoms with Crippen molar-refractivity contribution in [1.82, 2.24) is 9.80 Å². The van der Waals surface area contributed by atoms with Crippen LogP contribution < -0.4 is 0 Å². The number of β-amino-alcohol motifs (C(OH)–C–C–N with tert-alkyl or cyclic N) is 1. The van der Waals surface area contributed by atoms with Crippen LogP contribution in [0, 0.1) is 0 Å². The van der Waals surface area contributed by atoms with E-state index in [1.54, 1.807) is 11.0 Å². The van der Waals surface area contributed by atoms with Crippen LogP contribution in [0.1, 0.15) is 24.8 Å². The predicted molar refractivity (Wildman–Crippen MR) is 87.3 cm³/mol. The third kappa shape index (κ3) is 3.76. The van der Waals surface area contributed by atoms with E-state index in [1.807, 2.05) is 36.4 Å². The molecule has 2 aliphatic heterocycles. The lowest BCUT2D eigenvalue weighted by Crippen LogP contribution is -2.44. The third-order valence-corrected chi connectivity index (χ3v) is 4.58. The van der Waals surface area contributed by atoms with E-state index in [4.69, 9.17) is 0 Å². The van der Waals surface area contributed by atoms with Crippen LogP contribution in [0.25, 0.3) is 6.08 Å². The summed E-state index contributed by atoms with van der Waals surface area (Å²) in [5, 5.41) is 10.7. The van der Waals surface area contributed by atoms with Crippen molar-refractivity contribution in [3.8, 4) is 0 Å². The molecule has 3 rings (SSSR count). The van der Waals surface area contributed by atoms with Crippen LogP contribution in [0.2, 0.25) is 0 Å². The minimum absolute atomic E-state index is 0.0128. The summed E-state index contributed by atoms with van der Waals surface area (Å²) < 4.78 is 0. The third-order valence-electron chi connectivity index (χ3n) is 4.58. The number of aliphatic hydroxyl groups is 1. The molecule has 2 heterocycles. The average molecular weight is 300 g/mol. The van der Waals surface area contributed by atoms with Crippen LogP contribution in [-0.4, -0.2) is 59.1 Å². The lowest BCUT2D eigenvalue weighted by molar-refractivity contribution is -0.126. The average Bonchev–Trinajstić information content (AvgIpc) is 3.16. The summed E-state index contributed by atoms with van der Waals surface area (Å²) in [6.07, 6.45) is 6.56. The van der Waals surface area contributed by atoms with Gasteiger partial charge < -0.3 is 14.9 Å². The minimum Gasteiger partial charge on any atom is -0.387 e. The maximum absolute atomic E-state index is 12.3. The molecule has 2 saturated heterocycles. The molecular weight excluding hydrogens is 276 g/mol. The Balaban J connectivity index is 1.55. The number of carbonyl (C=O) groups is 1. The summed E-state index contributed by atoms with van der Waals surface area (Å²) in [6.45, 7) is 3.93. The molecule has 0 radical (unpaired) electrons. The summed E-state index contributed by atoms with van der Waals surface area (Å²) in [5.74, 6) is -0.0128. The highest BCUT2D eigenvalue weighted by Crippen LogP contribution is 2.24. The van der Waals surface area contributed by atoms with Gasteiger partial charge >= 0.3 is 0 Å². The van der Waals surface area contributed by atoms with Crippen molar-refractivity contribution in [2.45, 2.75) is 24.9 Å². The van der Waals surface area contributed by atoms with Gasteiger partial charge in [0.05, 0.1) is 12.1 Å². The molecule has 0 spiro atoms. The number of rotatable bonds is 4. The van der Waals surface area contributed by atoms with E-state index in [1.165, 1.54) is 12.8 Å². The molecule has 0 saturated carbocycles. The van der Waals surface area contributed by atoms with Gasteiger partial charge in [-0.1, -0.05) is 30.3 Å². The fourth-order valence-electron chi connectivity index (χ4n) is 3.37. The Kier molecular flexibility index (Phi) is 4.60. The lowest BCUT2D eigenvalue weighted by Gasteiger charge is -2.28. The maximum atomic E-state index is 12.3. The molecule has 1 unspecified atom stereocenters. The molecule has 2 aliphatic rings. The first kappa shape index (κ1) is 15.3. The molecule has 0 aromatic heterocycles. The van der Waals surface area contributed by atoms with Crippen molar-refractivity contribution in [2.75, 3.05) is 32.7 Å². The van der Waals surface area contributed by atoms with Gasteiger partial charge in [0.25, 0.3) is 0 Å². The fraction of sp³-hybridized carbons (Fsp3) is 0.500. The van der Waals surface area contributed by atoms with E-state index in [9.17, 15) is 9.90 Å². The zero-order valence-corrected chi connectivity index (χ0v) is 12.9. The van der Waals surface area contributed by atoms with Gasteiger partial charge in [-0.25, -0.2) is 0 Å². The van der Waals surface area contributed by atoms with Gasteiger partial charge in [0.15, 0.2) is 0 Å². The Hall–Kier alpha value is -1.65. The van der Waals surface area contributed by atoms with Crippen LogP contribution in [0.4, 0.5) is 0 Å². The van der Waals surface area contributed by atoms with Gasteiger partial charge in [-0.05, 0) is 44.0 Å². The fourth-order valence-corrected chi connectivity index (χ4v) is 3.37. The molecule has 1 atom stereocenters. The molecule has 1 aromatic rings. The quantitative estimate of drug-likeness (QED) is 0.862. The Bertz CT molecular complexity index is 537. The van der Waals surface area contributed by atoms with Crippen LogP contribution in [-0.2, 0) is 4.79 Å². The Labute approximate surface area is 132 Å². The molecule has 1 aromatic carbocycles. The van der Waals surface area contributed by atoms with Crippen LogP contribution in [0.3, 0.4) is 0 Å². The molecule has 4 nitrogen and oxygen atoms in total. The van der Waals surface area contributed by atoms with E-state index in [-0.39, 0.29) is 5.91 Å². The second kappa shape index (κ2) is 6.63. The molecule has 118 valence electrons. The number of benzene rings is 1. The summed E-state index contributed by atoms with van der Waals surface area (Å²) in [5.41, 5.74) is 0.281. The largest absolute Gasteiger partial charge is 0.387 e. The number of nitrogens with zero attached hydrogens (tertiary/aromatic N) is 2. The number of amides is 1. The molecule has 0 aliphatic carbocycles. The van der Waals surface area contributed by atoms with Gasteiger partial charge in [-0.3, -0.25) is 4.79 Å². The standard InChI is InChI=1S/C18H24N2O2/c21-17(9-8-16-6-2-1-3-7-16)20-13-10-18(22,15-20)14-19-11-4-5-12-19/h1-3,6-9,22H,4-5,10-15H2. The summed E-state index contributed by atoms with van der Waals surface area (Å²) in [7, 11) is 0. The summed E-state index contributed by atoms with van der Waals surface area (Å²) in [4.78, 5) is 16.3. The first-order chi connectivity index (χ1) is 10.6. The number of carbonyl (C=O) groups excluding carboxylic acids is 1. The van der Waals surface area contributed by atoms with E-state index < -0.39 is 5.60 Å². The highest BCUT2D eigenvalue weighted by molar-refractivity contribution is 5.92. The van der Waals surface area contributed by atoms with Crippen LogP contribution >= 0.6 is 0 Å². The lowest BCUT2D eigenvalue weighted by atomic mass is 10.0. The first-order valence-electron chi connectivity index (χ1n) is 8.11. The first-order valence-corrected chi connectivity index (χ1v) is 8.11. The van der Waals surface area contributed by atoms with Crippen molar-refractivity contribution < 1.29 is 9.90 Å². The van der Waals surface area contributed by atoms with E-state index in [0.717, 1.165) is 18.7 Å². The molecule has 1 amide bonds. The van der Waals surface area contributed by atoms with Gasteiger partial charge in [0.1, 0.15) is 0 Å². The van der Waals surface area contributed by atoms with Gasteiger partial charge in [0, 0.05) is 19.2 Å². The van der Waals surface area contributed by atoms with E-state index in [0.29, 0.717) is 26.1 Å². The van der Waals surface area contributed by atoms with Gasteiger partial charge in [-0.2, -0.15) is 0 Å². The molecule has 1 N–H and O–H groups in total. The second-order valence-corrected chi connectivity index (χ2v) is 6.46. The molecule has 2 fully saturated rings. The maximum Gasteiger partial charge on any atom is 0.246 e. The normalized spacial score (nSPS) is 26.1. The van der Waals surface area contributed by atoms with Gasteiger partial charge in [0.2, 0.25) is 5.91 Å². The molecule has 0 bridgehead atoms. The molecule has 4 heteroatoms. The predicted octanol–water partition coefficient (Wildman–Crippen LogP) is 1.76. The topological polar surface area (TPSA) is 43.8 Å². The second-order valence-electron chi connectivity index (χ2n) is 6.46. The SMILES string of the molecule is O=C(C=Cc1ccccc1)N1CCC(O)(CN2CCCC2)C1. The number of hydrogen-bond donors (Lipinski definition) is 1. The van der Waals surface area contributed by atoms with Crippen molar-refractivity contribution in [3.05, 3.63) is 42.0 Å². The Morgan fingerprint density at radius 1 is 1.18 bits per heavy atom. The molecule has 22 heavy (non-hydrogen) atoms. The Morgan fingerprint density at radius 3 is 2.64 bits per heavy atom. The van der Waals surface area contributed by atoms with Crippen molar-refractivity contribution in [3.63, 3.8) is 0 Å². The monoisotopic (exact) mass is 300 g/mol. The van der Waals surface area contributed by atoms with Crippen LogP contribution in [0.15, 0.2) is 36.4 Å². The van der Waals surface area contributed by atoms with E-state index in [2.05, 4.69) is 4.90 Å². The van der Waals surface area contributed by atoms with Crippen LogP contribution in [0.5, 0.6) is 0 Å². The number of hydrogen-bond acceptors (Lipinski definition) is 3. The highest BCUT2D eigenvalue weighted by Gasteiger charge is 2.39. The van der Waals surface area contributed by atoms with Crippen molar-refractivity contribution in [2.24, 2.45) is 0 Å². The Morgan fingerprint density at radius 2 is 1.91 bits per heavy atom. The zero-order valence-electron chi connectivity index (χ0n) is 12.9. The summed E-state index contributed by atoms with van der Waals surface area (Å²) in [6, 6.07) is 9.80. The van der Waals surface area contributed by atoms with Gasteiger partial charge in [-0.15, -0.1) is 0 Å². The van der Waals surface area contributed by atoms with Crippen molar-refractivity contribution >= 4 is 12.0 Å². The van der Waals surface area contributed by atoms with E-state index >= 15 is 0 Å². The van der Waals surface area contributed by atoms with Crippen molar-refractivity contribution in [1.29, 1.82) is 0 Å². The highest BCUT2D eigenvalue weighted by atomic mass is 16.3. The molecular formula is C18H24N2O2. The minimum atomic E-state index is -0.736. The summed E-state index contributed by atoms with van der Waals surface area (Å²) >= 11 is 0. The smallest absolute Gasteiger partial charge is 0.246 e. The number of likely N-dealkylation sites (tertiary alicyclic amines) is 2. The zero-order chi connectivity index (χ0) is 15.4.